The summed E-state index contributed by atoms with van der Waals surface area (Å²) >= 11 is 0. The van der Waals surface area contributed by atoms with Crippen LogP contribution in [0.2, 0.25) is 0 Å². The molecule has 5 aromatic rings. The lowest BCUT2D eigenvalue weighted by atomic mass is 9.87. The SMILES string of the molecule is C=C/C(=C\c1c(C)cccc1C1=CCC(c2cc(-c3ccccn3)nc(C3C=CC=CC3)n2)C=C1)c1ccc(C2=CC(C3=CC=CCC3)=NC(c3ccccn3)N2)cc1. The molecule has 0 spiro atoms. The first-order valence-electron chi connectivity index (χ1n) is 20.5. The number of aryl methyl sites for hydroxylation is 1. The van der Waals surface area contributed by atoms with E-state index in [2.05, 4.69) is 150 Å². The Morgan fingerprint density at radius 1 is 0.797 bits per heavy atom. The highest BCUT2D eigenvalue weighted by Gasteiger charge is 2.23. The summed E-state index contributed by atoms with van der Waals surface area (Å²) in [4.78, 5) is 24.5. The van der Waals surface area contributed by atoms with Crippen LogP contribution in [0.4, 0.5) is 0 Å². The topological polar surface area (TPSA) is 76.0 Å². The van der Waals surface area contributed by atoms with Crippen molar-refractivity contribution >= 4 is 28.6 Å². The number of hydrogen-bond acceptors (Lipinski definition) is 6. The second-order valence-corrected chi connectivity index (χ2v) is 15.2. The minimum atomic E-state index is -0.265. The molecular formula is C53H46N6. The van der Waals surface area contributed by atoms with E-state index in [0.717, 1.165) is 82.4 Å². The number of hydrogen-bond donors (Lipinski definition) is 1. The molecule has 3 atom stereocenters. The van der Waals surface area contributed by atoms with Crippen LogP contribution in [0.5, 0.6) is 0 Å². The van der Waals surface area contributed by atoms with Gasteiger partial charge in [-0.2, -0.15) is 0 Å². The minimum Gasteiger partial charge on any atom is -0.358 e. The summed E-state index contributed by atoms with van der Waals surface area (Å²) in [6, 6.07) is 29.3. The van der Waals surface area contributed by atoms with Gasteiger partial charge in [0.15, 0.2) is 6.17 Å². The molecule has 0 radical (unpaired) electrons. The fourth-order valence-electron chi connectivity index (χ4n) is 8.05. The van der Waals surface area contributed by atoms with Crippen molar-refractivity contribution < 1.29 is 0 Å². The molecular weight excluding hydrogens is 721 g/mol. The molecule has 4 aliphatic rings. The van der Waals surface area contributed by atoms with E-state index in [1.807, 2.05) is 54.9 Å². The third kappa shape index (κ3) is 8.35. The fraction of sp³-hybridized carbons (Fsp3) is 0.151. The van der Waals surface area contributed by atoms with Crippen molar-refractivity contribution in [3.63, 3.8) is 0 Å². The van der Waals surface area contributed by atoms with Crippen molar-refractivity contribution in [2.24, 2.45) is 4.99 Å². The number of allylic oxidation sites excluding steroid dienone is 15. The Morgan fingerprint density at radius 3 is 2.41 bits per heavy atom. The van der Waals surface area contributed by atoms with Crippen molar-refractivity contribution in [2.45, 2.75) is 50.6 Å². The van der Waals surface area contributed by atoms with Gasteiger partial charge in [0.2, 0.25) is 0 Å². The number of pyridine rings is 2. The van der Waals surface area contributed by atoms with Crippen LogP contribution in [0.3, 0.4) is 0 Å². The monoisotopic (exact) mass is 766 g/mol. The summed E-state index contributed by atoms with van der Waals surface area (Å²) in [5.74, 6) is 1.12. The molecule has 1 aliphatic heterocycles. The summed E-state index contributed by atoms with van der Waals surface area (Å²) < 4.78 is 0. The number of aromatic nitrogens is 4. The second kappa shape index (κ2) is 17.2. The van der Waals surface area contributed by atoms with Crippen molar-refractivity contribution in [3.8, 4) is 11.4 Å². The molecule has 4 heterocycles. The first-order chi connectivity index (χ1) is 29.1. The maximum Gasteiger partial charge on any atom is 0.162 e. The molecule has 3 aromatic heterocycles. The van der Waals surface area contributed by atoms with Crippen LogP contribution in [0.15, 0.2) is 187 Å². The third-order valence-corrected chi connectivity index (χ3v) is 11.3. The highest BCUT2D eigenvalue weighted by atomic mass is 15.1. The predicted octanol–water partition coefficient (Wildman–Crippen LogP) is 12.1. The van der Waals surface area contributed by atoms with Gasteiger partial charge in [-0.3, -0.25) is 15.0 Å². The number of rotatable bonds is 10. The van der Waals surface area contributed by atoms with Gasteiger partial charge < -0.3 is 5.32 Å². The standard InChI is InChI=1S/C53H46N6/c1-3-37(38-23-27-41(28-24-38)49-34-48(40-16-6-4-7-17-40)57-53(58-49)47-22-11-13-32-55-47)33-45-36(2)15-14-20-44(45)39-25-29-42(30-26-39)50-35-51(46-21-10-12-31-54-46)59-52(56-50)43-18-8-5-9-19-43/h3-6,8-16,18,20-29,31-35,42-43,53,58H,1,7,17,19,30H2,2H3/b37-33+. The summed E-state index contributed by atoms with van der Waals surface area (Å²) in [5, 5.41) is 3.65. The fourth-order valence-corrected chi connectivity index (χ4v) is 8.05. The molecule has 0 saturated carbocycles. The number of nitrogens with zero attached hydrogens (tertiary/aromatic N) is 5. The van der Waals surface area contributed by atoms with Crippen molar-refractivity contribution in [2.75, 3.05) is 0 Å². The van der Waals surface area contributed by atoms with Crippen LogP contribution >= 0.6 is 0 Å². The average Bonchev–Trinajstić information content (AvgIpc) is 3.32. The zero-order valence-electron chi connectivity index (χ0n) is 33.2. The first-order valence-corrected chi connectivity index (χ1v) is 20.5. The molecule has 9 rings (SSSR count). The normalized spacial score (nSPS) is 19.9. The van der Waals surface area contributed by atoms with E-state index >= 15 is 0 Å². The van der Waals surface area contributed by atoms with E-state index in [-0.39, 0.29) is 18.0 Å². The third-order valence-electron chi connectivity index (χ3n) is 11.3. The number of benzene rings is 2. The zero-order valence-corrected chi connectivity index (χ0v) is 33.2. The van der Waals surface area contributed by atoms with Gasteiger partial charge in [0.1, 0.15) is 5.82 Å². The molecule has 6 nitrogen and oxygen atoms in total. The van der Waals surface area contributed by atoms with Crippen LogP contribution in [0, 0.1) is 6.92 Å². The molecule has 6 heteroatoms. The lowest BCUT2D eigenvalue weighted by molar-refractivity contribution is 0.642. The molecule has 2 aromatic carbocycles. The van der Waals surface area contributed by atoms with Crippen LogP contribution in [0.1, 0.15) is 88.7 Å². The second-order valence-electron chi connectivity index (χ2n) is 15.2. The zero-order chi connectivity index (χ0) is 40.0. The Hall–Kier alpha value is -7.05. The van der Waals surface area contributed by atoms with Crippen molar-refractivity contribution in [3.05, 3.63) is 227 Å². The summed E-state index contributed by atoms with van der Waals surface area (Å²) in [5.41, 5.74) is 15.0. The smallest absolute Gasteiger partial charge is 0.162 e. The Morgan fingerprint density at radius 2 is 1.68 bits per heavy atom. The van der Waals surface area contributed by atoms with Gasteiger partial charge in [-0.05, 0) is 120 Å². The van der Waals surface area contributed by atoms with Gasteiger partial charge in [0, 0.05) is 29.9 Å². The van der Waals surface area contributed by atoms with Gasteiger partial charge >= 0.3 is 0 Å². The molecule has 0 saturated heterocycles. The maximum absolute atomic E-state index is 5.15. The highest BCUT2D eigenvalue weighted by Crippen LogP contribution is 2.36. The number of aliphatic imine (C=N–C) groups is 1. The van der Waals surface area contributed by atoms with E-state index in [4.69, 9.17) is 15.0 Å². The Kier molecular flexibility index (Phi) is 10.9. The molecule has 0 fully saturated rings. The summed E-state index contributed by atoms with van der Waals surface area (Å²) in [7, 11) is 0. The average molecular weight is 767 g/mol. The van der Waals surface area contributed by atoms with E-state index in [1.165, 1.54) is 27.8 Å². The quantitative estimate of drug-likeness (QED) is 0.113. The van der Waals surface area contributed by atoms with Gasteiger partial charge in [0.25, 0.3) is 0 Å². The minimum absolute atomic E-state index is 0.128. The van der Waals surface area contributed by atoms with E-state index < -0.39 is 0 Å². The molecule has 0 amide bonds. The lowest BCUT2D eigenvalue weighted by Gasteiger charge is -2.25. The molecule has 0 bridgehead atoms. The first kappa shape index (κ1) is 37.5. The van der Waals surface area contributed by atoms with E-state index in [0.29, 0.717) is 0 Å². The Labute approximate surface area is 347 Å². The largest absolute Gasteiger partial charge is 0.358 e. The summed E-state index contributed by atoms with van der Waals surface area (Å²) in [6.07, 6.45) is 35.5. The van der Waals surface area contributed by atoms with Crippen LogP contribution in [-0.2, 0) is 0 Å². The van der Waals surface area contributed by atoms with Crippen molar-refractivity contribution in [1.29, 1.82) is 0 Å². The van der Waals surface area contributed by atoms with E-state index in [1.54, 1.807) is 0 Å². The molecule has 1 N–H and O–H groups in total. The van der Waals surface area contributed by atoms with Gasteiger partial charge in [-0.1, -0.05) is 128 Å². The van der Waals surface area contributed by atoms with E-state index in [9.17, 15) is 0 Å². The Bertz CT molecular complexity index is 2650. The highest BCUT2D eigenvalue weighted by molar-refractivity contribution is 6.13. The van der Waals surface area contributed by atoms with Crippen LogP contribution < -0.4 is 5.32 Å². The number of nitrogens with one attached hydrogen (secondary N) is 1. The molecule has 3 unspecified atom stereocenters. The van der Waals surface area contributed by atoms with Crippen LogP contribution in [-0.4, -0.2) is 25.6 Å². The van der Waals surface area contributed by atoms with Crippen molar-refractivity contribution in [1.82, 2.24) is 25.3 Å². The predicted molar refractivity (Wildman–Crippen MR) is 243 cm³/mol. The lowest BCUT2D eigenvalue weighted by Crippen LogP contribution is -2.26. The maximum atomic E-state index is 5.15. The molecule has 288 valence electrons. The van der Waals surface area contributed by atoms with Gasteiger partial charge in [0.05, 0.1) is 28.5 Å². The Balaban J connectivity index is 0.979. The molecule has 59 heavy (non-hydrogen) atoms. The van der Waals surface area contributed by atoms with Crippen LogP contribution in [0.25, 0.3) is 34.3 Å². The molecule has 3 aliphatic carbocycles. The van der Waals surface area contributed by atoms with Gasteiger partial charge in [-0.15, -0.1) is 0 Å². The van der Waals surface area contributed by atoms with Gasteiger partial charge in [-0.25, -0.2) is 9.97 Å². The summed E-state index contributed by atoms with van der Waals surface area (Å²) in [6.45, 7) is 6.44.